The largest absolute Gasteiger partial charge is 0.504 e. The Bertz CT molecular complexity index is 843. The summed E-state index contributed by atoms with van der Waals surface area (Å²) in [7, 11) is 0.686. The molecule has 0 fully saturated rings. The van der Waals surface area contributed by atoms with Gasteiger partial charge >= 0.3 is 0 Å². The van der Waals surface area contributed by atoms with Crippen LogP contribution in [0.1, 0.15) is 10.4 Å². The fourth-order valence-corrected chi connectivity index (χ4v) is 3.34. The summed E-state index contributed by atoms with van der Waals surface area (Å²) in [6, 6.07) is 9.59. The fraction of sp³-hybridized carbons (Fsp3) is 0.188. The van der Waals surface area contributed by atoms with Crippen molar-refractivity contribution in [3.05, 3.63) is 48.0 Å². The van der Waals surface area contributed by atoms with Gasteiger partial charge in [0.05, 0.1) is 16.9 Å². The topological polar surface area (TPSA) is 83.9 Å². The molecule has 6 nitrogen and oxygen atoms in total. The molecule has 0 spiro atoms. The zero-order valence-electron chi connectivity index (χ0n) is 13.0. The van der Waals surface area contributed by atoms with Crippen LogP contribution in [0.2, 0.25) is 0 Å². The number of carbonyl (C=O) groups excluding carboxylic acids is 1. The van der Waals surface area contributed by atoms with Crippen LogP contribution in [0.4, 0.5) is 0 Å². The van der Waals surface area contributed by atoms with Crippen molar-refractivity contribution >= 4 is 15.7 Å². The summed E-state index contributed by atoms with van der Waals surface area (Å²) in [4.78, 5) is 13.3. The Kier molecular flexibility index (Phi) is 4.60. The summed E-state index contributed by atoms with van der Waals surface area (Å²) >= 11 is 0. The average Bonchev–Trinajstić information content (AvgIpc) is 2.54. The highest BCUT2D eigenvalue weighted by atomic mass is 32.2. The average molecular weight is 335 g/mol. The second-order valence-corrected chi connectivity index (χ2v) is 7.01. The molecular weight excluding hydrogens is 318 g/mol. The highest BCUT2D eigenvalue weighted by Crippen LogP contribution is 2.31. The molecule has 0 radical (unpaired) electrons. The molecule has 122 valence electrons. The fourth-order valence-electron chi connectivity index (χ4n) is 2.02. The van der Waals surface area contributed by atoms with Gasteiger partial charge in [0.15, 0.2) is 11.5 Å². The van der Waals surface area contributed by atoms with Crippen LogP contribution >= 0.6 is 0 Å². The number of sulfone groups is 1. The van der Waals surface area contributed by atoms with E-state index in [1.807, 2.05) is 0 Å². The van der Waals surface area contributed by atoms with E-state index in [2.05, 4.69) is 0 Å². The molecule has 0 aromatic heterocycles. The minimum atomic E-state index is -3.83. The molecule has 23 heavy (non-hydrogen) atoms. The van der Waals surface area contributed by atoms with Gasteiger partial charge in [-0.2, -0.15) is 0 Å². The number of ether oxygens (including phenoxy) is 1. The summed E-state index contributed by atoms with van der Waals surface area (Å²) < 4.78 is 30.3. The molecule has 0 aliphatic heterocycles. The second-order valence-electron chi connectivity index (χ2n) is 5.06. The van der Waals surface area contributed by atoms with Crippen molar-refractivity contribution in [2.45, 2.75) is 9.79 Å². The Morgan fingerprint density at radius 3 is 2.35 bits per heavy atom. The maximum absolute atomic E-state index is 12.7. The molecule has 0 saturated carbocycles. The van der Waals surface area contributed by atoms with Crippen molar-refractivity contribution in [2.24, 2.45) is 0 Å². The minimum absolute atomic E-state index is 0.00190. The van der Waals surface area contributed by atoms with E-state index in [-0.39, 0.29) is 32.8 Å². The summed E-state index contributed by atoms with van der Waals surface area (Å²) in [6.07, 6.45) is 0. The normalized spacial score (nSPS) is 11.1. The maximum atomic E-state index is 12.7. The lowest BCUT2D eigenvalue weighted by atomic mass is 10.2. The van der Waals surface area contributed by atoms with E-state index in [9.17, 15) is 18.3 Å². The van der Waals surface area contributed by atoms with E-state index in [1.165, 1.54) is 48.4 Å². The Labute approximate surface area is 134 Å². The second kappa shape index (κ2) is 6.29. The number of methoxy groups -OCH3 is 1. The van der Waals surface area contributed by atoms with Crippen molar-refractivity contribution < 1.29 is 23.1 Å². The monoisotopic (exact) mass is 335 g/mol. The molecule has 0 heterocycles. The Hall–Kier alpha value is -2.54. The lowest BCUT2D eigenvalue weighted by Gasteiger charge is -2.12. The summed E-state index contributed by atoms with van der Waals surface area (Å²) in [5.41, 5.74) is 0.279. The Morgan fingerprint density at radius 1 is 1.09 bits per heavy atom. The van der Waals surface area contributed by atoms with Crippen molar-refractivity contribution in [1.82, 2.24) is 4.90 Å². The molecule has 1 amide bonds. The zero-order chi connectivity index (χ0) is 17.2. The Balaban J connectivity index is 2.52. The molecule has 0 aliphatic carbocycles. The van der Waals surface area contributed by atoms with Gasteiger partial charge in [-0.3, -0.25) is 4.79 Å². The van der Waals surface area contributed by atoms with E-state index in [0.717, 1.165) is 0 Å². The number of phenols is 1. The van der Waals surface area contributed by atoms with Gasteiger partial charge in [-0.15, -0.1) is 0 Å². The molecule has 0 aliphatic rings. The van der Waals surface area contributed by atoms with Crippen molar-refractivity contribution in [2.75, 3.05) is 21.2 Å². The number of hydrogen-bond donors (Lipinski definition) is 1. The molecule has 7 heteroatoms. The molecule has 0 saturated heterocycles. The standard InChI is InChI=1S/C16H17NO5S/c1-17(2)16(19)11-5-4-6-12(9-11)23(20,21)13-7-8-14(18)15(10-13)22-3/h4-10,18H,1-3H3. The first-order valence-electron chi connectivity index (χ1n) is 6.71. The van der Waals surface area contributed by atoms with Crippen molar-refractivity contribution in [3.8, 4) is 11.5 Å². The van der Waals surface area contributed by atoms with E-state index in [4.69, 9.17) is 4.74 Å². The van der Waals surface area contributed by atoms with Gasteiger partial charge < -0.3 is 14.7 Å². The molecule has 1 N–H and O–H groups in total. The first-order chi connectivity index (χ1) is 10.8. The molecule has 2 aromatic carbocycles. The van der Waals surface area contributed by atoms with Gasteiger partial charge in [0, 0.05) is 25.7 Å². The number of carbonyl (C=O) groups is 1. The van der Waals surface area contributed by atoms with Crippen molar-refractivity contribution in [3.63, 3.8) is 0 Å². The van der Waals surface area contributed by atoms with E-state index < -0.39 is 9.84 Å². The van der Waals surface area contributed by atoms with E-state index in [1.54, 1.807) is 20.2 Å². The third kappa shape index (κ3) is 3.29. The maximum Gasteiger partial charge on any atom is 0.253 e. The van der Waals surface area contributed by atoms with Gasteiger partial charge in [-0.25, -0.2) is 8.42 Å². The number of rotatable bonds is 4. The van der Waals surface area contributed by atoms with Crippen LogP contribution in [0.15, 0.2) is 52.3 Å². The number of amides is 1. The molecular formula is C16H17NO5S. The molecule has 0 atom stereocenters. The summed E-state index contributed by atoms with van der Waals surface area (Å²) in [5.74, 6) is -0.375. The number of benzene rings is 2. The first-order valence-corrected chi connectivity index (χ1v) is 8.19. The van der Waals surface area contributed by atoms with Gasteiger partial charge in [0.2, 0.25) is 9.84 Å². The van der Waals surface area contributed by atoms with Gasteiger partial charge in [0.25, 0.3) is 5.91 Å². The van der Waals surface area contributed by atoms with Crippen LogP contribution < -0.4 is 4.74 Å². The van der Waals surface area contributed by atoms with Crippen LogP contribution in [0, 0.1) is 0 Å². The number of phenolic OH excluding ortho intramolecular Hbond substituents is 1. The predicted octanol–water partition coefficient (Wildman–Crippen LogP) is 1.94. The molecule has 2 rings (SSSR count). The Morgan fingerprint density at radius 2 is 1.74 bits per heavy atom. The number of aromatic hydroxyl groups is 1. The smallest absolute Gasteiger partial charge is 0.253 e. The van der Waals surface area contributed by atoms with Crippen LogP contribution in [-0.2, 0) is 9.84 Å². The minimum Gasteiger partial charge on any atom is -0.504 e. The van der Waals surface area contributed by atoms with Crippen LogP contribution in [0.25, 0.3) is 0 Å². The van der Waals surface area contributed by atoms with Gasteiger partial charge in [-0.05, 0) is 30.3 Å². The van der Waals surface area contributed by atoms with E-state index >= 15 is 0 Å². The highest BCUT2D eigenvalue weighted by Gasteiger charge is 2.21. The summed E-state index contributed by atoms with van der Waals surface area (Å²) in [5, 5.41) is 9.58. The van der Waals surface area contributed by atoms with Gasteiger partial charge in [0.1, 0.15) is 0 Å². The van der Waals surface area contributed by atoms with Crippen molar-refractivity contribution in [1.29, 1.82) is 0 Å². The van der Waals surface area contributed by atoms with E-state index in [0.29, 0.717) is 0 Å². The lowest BCUT2D eigenvalue weighted by molar-refractivity contribution is 0.0827. The number of nitrogens with zero attached hydrogens (tertiary/aromatic N) is 1. The van der Waals surface area contributed by atoms with Crippen LogP contribution in [0.5, 0.6) is 11.5 Å². The summed E-state index contributed by atoms with van der Waals surface area (Å²) in [6.45, 7) is 0. The molecule has 2 aromatic rings. The third-order valence-corrected chi connectivity index (χ3v) is 5.01. The predicted molar refractivity (Wildman–Crippen MR) is 84.6 cm³/mol. The SMILES string of the molecule is COc1cc(S(=O)(=O)c2cccc(C(=O)N(C)C)c2)ccc1O. The molecule has 0 bridgehead atoms. The third-order valence-electron chi connectivity index (χ3n) is 3.26. The van der Waals surface area contributed by atoms with Crippen LogP contribution in [-0.4, -0.2) is 45.5 Å². The molecule has 0 unspecified atom stereocenters. The van der Waals surface area contributed by atoms with Crippen LogP contribution in [0.3, 0.4) is 0 Å². The highest BCUT2D eigenvalue weighted by molar-refractivity contribution is 7.91. The number of hydrogen-bond acceptors (Lipinski definition) is 5. The van der Waals surface area contributed by atoms with Gasteiger partial charge in [-0.1, -0.05) is 6.07 Å². The quantitative estimate of drug-likeness (QED) is 0.923. The lowest BCUT2D eigenvalue weighted by Crippen LogP contribution is -2.21. The zero-order valence-corrected chi connectivity index (χ0v) is 13.8. The first kappa shape index (κ1) is 16.8.